The third kappa shape index (κ3) is 4.94. The van der Waals surface area contributed by atoms with Gasteiger partial charge in [-0.2, -0.15) is 0 Å². The molecule has 1 saturated heterocycles. The Hall–Kier alpha value is -2.11. The first kappa shape index (κ1) is 17.7. The molecule has 1 aliphatic heterocycles. The molecule has 1 aromatic carbocycles. The number of pyridine rings is 1. The number of anilines is 2. The van der Waals surface area contributed by atoms with Crippen LogP contribution in [0, 0.1) is 0 Å². The second-order valence-corrected chi connectivity index (χ2v) is 6.61. The van der Waals surface area contributed by atoms with E-state index in [2.05, 4.69) is 27.0 Å². The zero-order valence-corrected chi connectivity index (χ0v) is 15.2. The minimum absolute atomic E-state index is 0.0841. The molecule has 0 aliphatic carbocycles. The van der Waals surface area contributed by atoms with Crippen LogP contribution in [0.3, 0.4) is 0 Å². The van der Waals surface area contributed by atoms with Crippen LogP contribution < -0.4 is 10.2 Å². The lowest BCUT2D eigenvalue weighted by Gasteiger charge is -2.35. The van der Waals surface area contributed by atoms with Crippen LogP contribution in [0.5, 0.6) is 0 Å². The Morgan fingerprint density at radius 1 is 1.12 bits per heavy atom. The fraction of sp³-hybridized carbons (Fsp3) is 0.368. The van der Waals surface area contributed by atoms with Crippen molar-refractivity contribution in [3.05, 3.63) is 53.2 Å². The largest absolute Gasteiger partial charge is 0.368 e. The lowest BCUT2D eigenvalue weighted by Crippen LogP contribution is -2.46. The van der Waals surface area contributed by atoms with Crippen molar-refractivity contribution in [3.8, 4) is 0 Å². The minimum Gasteiger partial charge on any atom is -0.368 e. The van der Waals surface area contributed by atoms with Crippen LogP contribution >= 0.6 is 11.6 Å². The van der Waals surface area contributed by atoms with Gasteiger partial charge >= 0.3 is 0 Å². The lowest BCUT2D eigenvalue weighted by molar-refractivity contribution is -0.115. The van der Waals surface area contributed by atoms with Crippen LogP contribution in [0.4, 0.5) is 11.5 Å². The van der Waals surface area contributed by atoms with E-state index in [9.17, 15) is 4.79 Å². The average molecular weight is 359 g/mol. The van der Waals surface area contributed by atoms with Crippen LogP contribution in [0.25, 0.3) is 0 Å². The highest BCUT2D eigenvalue weighted by atomic mass is 35.5. The molecule has 1 aromatic heterocycles. The number of nitrogens with one attached hydrogen (secondary N) is 1. The standard InChI is InChI=1S/C19H23ClN4O/c1-2-23-9-11-24(12-10-23)17-7-8-18(21-14-17)22-19(25)13-15-3-5-16(20)6-4-15/h3-8,14H,2,9-13H2,1H3,(H,21,22,25). The van der Waals surface area contributed by atoms with Gasteiger partial charge in [-0.05, 0) is 36.4 Å². The summed E-state index contributed by atoms with van der Waals surface area (Å²) in [5.74, 6) is 0.494. The first-order valence-corrected chi connectivity index (χ1v) is 8.99. The smallest absolute Gasteiger partial charge is 0.229 e. The molecular weight excluding hydrogens is 336 g/mol. The van der Waals surface area contributed by atoms with Gasteiger partial charge in [0.15, 0.2) is 0 Å². The topological polar surface area (TPSA) is 48.5 Å². The van der Waals surface area contributed by atoms with Crippen molar-refractivity contribution in [2.75, 3.05) is 42.9 Å². The van der Waals surface area contributed by atoms with E-state index in [4.69, 9.17) is 11.6 Å². The van der Waals surface area contributed by atoms with Gasteiger partial charge in [0.25, 0.3) is 0 Å². The predicted molar refractivity (Wildman–Crippen MR) is 102 cm³/mol. The number of likely N-dealkylation sites (N-methyl/N-ethyl adjacent to an activating group) is 1. The van der Waals surface area contributed by atoms with Crippen LogP contribution in [0.2, 0.25) is 5.02 Å². The molecule has 0 spiro atoms. The number of nitrogens with zero attached hydrogens (tertiary/aromatic N) is 3. The van der Waals surface area contributed by atoms with Crippen LogP contribution in [0.1, 0.15) is 12.5 Å². The van der Waals surface area contributed by atoms with Gasteiger partial charge in [0.1, 0.15) is 5.82 Å². The van der Waals surface area contributed by atoms with Crippen molar-refractivity contribution in [1.29, 1.82) is 0 Å². The average Bonchev–Trinajstić information content (AvgIpc) is 2.64. The Balaban J connectivity index is 1.53. The molecule has 0 radical (unpaired) electrons. The van der Waals surface area contributed by atoms with Crippen molar-refractivity contribution < 1.29 is 4.79 Å². The molecule has 0 bridgehead atoms. The van der Waals surface area contributed by atoms with E-state index in [-0.39, 0.29) is 5.91 Å². The molecule has 2 heterocycles. The third-order valence-corrected chi connectivity index (χ3v) is 4.73. The summed E-state index contributed by atoms with van der Waals surface area (Å²) in [5.41, 5.74) is 2.03. The summed E-state index contributed by atoms with van der Waals surface area (Å²) in [6, 6.07) is 11.2. The number of amides is 1. The van der Waals surface area contributed by atoms with Gasteiger partial charge in [-0.3, -0.25) is 4.79 Å². The van der Waals surface area contributed by atoms with E-state index >= 15 is 0 Å². The molecule has 25 heavy (non-hydrogen) atoms. The van der Waals surface area contributed by atoms with Crippen molar-refractivity contribution >= 4 is 29.0 Å². The van der Waals surface area contributed by atoms with E-state index in [1.807, 2.05) is 30.5 Å². The van der Waals surface area contributed by atoms with E-state index in [1.54, 1.807) is 12.1 Å². The third-order valence-electron chi connectivity index (χ3n) is 4.48. The van der Waals surface area contributed by atoms with E-state index in [0.29, 0.717) is 17.3 Å². The zero-order chi connectivity index (χ0) is 17.6. The van der Waals surface area contributed by atoms with Gasteiger partial charge in [0.05, 0.1) is 18.3 Å². The summed E-state index contributed by atoms with van der Waals surface area (Å²) in [6.45, 7) is 7.48. The molecule has 0 unspecified atom stereocenters. The van der Waals surface area contributed by atoms with Crippen LogP contribution in [-0.2, 0) is 11.2 Å². The number of halogens is 1. The molecule has 1 fully saturated rings. The number of carbonyl (C=O) groups excluding carboxylic acids is 1. The molecule has 1 aliphatic rings. The number of hydrogen-bond donors (Lipinski definition) is 1. The molecular formula is C19H23ClN4O. The highest BCUT2D eigenvalue weighted by molar-refractivity contribution is 6.30. The first-order chi connectivity index (χ1) is 12.1. The fourth-order valence-electron chi connectivity index (χ4n) is 2.94. The summed E-state index contributed by atoms with van der Waals surface area (Å²) in [4.78, 5) is 21.3. The molecule has 1 N–H and O–H groups in total. The molecule has 3 rings (SSSR count). The Morgan fingerprint density at radius 2 is 1.84 bits per heavy atom. The van der Waals surface area contributed by atoms with Gasteiger partial charge in [0, 0.05) is 31.2 Å². The summed E-state index contributed by atoms with van der Waals surface area (Å²) in [5, 5.41) is 3.51. The highest BCUT2D eigenvalue weighted by Crippen LogP contribution is 2.17. The number of carbonyl (C=O) groups is 1. The van der Waals surface area contributed by atoms with Crippen LogP contribution in [0.15, 0.2) is 42.6 Å². The lowest BCUT2D eigenvalue weighted by atomic mass is 10.1. The van der Waals surface area contributed by atoms with Gasteiger partial charge < -0.3 is 15.1 Å². The summed E-state index contributed by atoms with van der Waals surface area (Å²) >= 11 is 5.86. The Labute approximate surface area is 153 Å². The van der Waals surface area contributed by atoms with Gasteiger partial charge in [0.2, 0.25) is 5.91 Å². The second kappa shape index (κ2) is 8.32. The summed E-state index contributed by atoms with van der Waals surface area (Å²) in [7, 11) is 0. The maximum Gasteiger partial charge on any atom is 0.229 e. The Kier molecular flexibility index (Phi) is 5.89. The monoisotopic (exact) mass is 358 g/mol. The number of piperazine rings is 1. The fourth-order valence-corrected chi connectivity index (χ4v) is 3.07. The maximum absolute atomic E-state index is 12.1. The molecule has 5 nitrogen and oxygen atoms in total. The summed E-state index contributed by atoms with van der Waals surface area (Å²) < 4.78 is 0. The summed E-state index contributed by atoms with van der Waals surface area (Å²) in [6.07, 6.45) is 2.14. The van der Waals surface area contributed by atoms with Crippen molar-refractivity contribution in [2.24, 2.45) is 0 Å². The zero-order valence-electron chi connectivity index (χ0n) is 14.4. The van der Waals surface area contributed by atoms with Gasteiger partial charge in [-0.15, -0.1) is 0 Å². The highest BCUT2D eigenvalue weighted by Gasteiger charge is 2.16. The van der Waals surface area contributed by atoms with E-state index in [0.717, 1.165) is 44.0 Å². The van der Waals surface area contributed by atoms with Gasteiger partial charge in [-0.25, -0.2) is 4.98 Å². The van der Waals surface area contributed by atoms with Crippen molar-refractivity contribution in [1.82, 2.24) is 9.88 Å². The van der Waals surface area contributed by atoms with Gasteiger partial charge in [-0.1, -0.05) is 30.7 Å². The van der Waals surface area contributed by atoms with Crippen molar-refractivity contribution in [2.45, 2.75) is 13.3 Å². The first-order valence-electron chi connectivity index (χ1n) is 8.61. The Morgan fingerprint density at radius 3 is 2.44 bits per heavy atom. The number of rotatable bonds is 5. The number of aromatic nitrogens is 1. The minimum atomic E-state index is -0.0841. The SMILES string of the molecule is CCN1CCN(c2ccc(NC(=O)Cc3ccc(Cl)cc3)nc2)CC1. The Bertz CT molecular complexity index is 694. The maximum atomic E-state index is 12.1. The number of hydrogen-bond acceptors (Lipinski definition) is 4. The molecule has 2 aromatic rings. The van der Waals surface area contributed by atoms with E-state index < -0.39 is 0 Å². The molecule has 132 valence electrons. The van der Waals surface area contributed by atoms with E-state index in [1.165, 1.54) is 0 Å². The second-order valence-electron chi connectivity index (χ2n) is 6.17. The van der Waals surface area contributed by atoms with Crippen molar-refractivity contribution in [3.63, 3.8) is 0 Å². The normalized spacial score (nSPS) is 15.2. The molecule has 0 atom stereocenters. The number of benzene rings is 1. The van der Waals surface area contributed by atoms with Crippen LogP contribution in [-0.4, -0.2) is 48.5 Å². The molecule has 1 amide bonds. The molecule has 6 heteroatoms. The predicted octanol–water partition coefficient (Wildman–Crippen LogP) is 3.06. The molecule has 0 saturated carbocycles. The quantitative estimate of drug-likeness (QED) is 0.892.